The smallest absolute Gasteiger partial charge is 0.317 e. The Hall–Kier alpha value is -3.28. The molecule has 6 nitrogen and oxygen atoms in total. The molecule has 6 heteroatoms. The van der Waals surface area contributed by atoms with Crippen molar-refractivity contribution in [3.63, 3.8) is 0 Å². The molecule has 2 unspecified atom stereocenters. The summed E-state index contributed by atoms with van der Waals surface area (Å²) in [6.45, 7) is 1.98. The van der Waals surface area contributed by atoms with E-state index in [1.807, 2.05) is 61.5 Å². The molecule has 2 aromatic rings. The number of benzene rings is 2. The summed E-state index contributed by atoms with van der Waals surface area (Å²) in [6, 6.07) is 13.5. The molecule has 1 aliphatic carbocycles. The van der Waals surface area contributed by atoms with Crippen LogP contribution in [0.4, 0.5) is 5.69 Å². The van der Waals surface area contributed by atoms with Gasteiger partial charge in [0.05, 0.1) is 20.8 Å². The zero-order valence-corrected chi connectivity index (χ0v) is 18.7. The summed E-state index contributed by atoms with van der Waals surface area (Å²) in [7, 11) is 7.10. The van der Waals surface area contributed by atoms with Crippen LogP contribution in [0.15, 0.2) is 48.5 Å². The van der Waals surface area contributed by atoms with Gasteiger partial charge in [-0.3, -0.25) is 9.59 Å². The van der Waals surface area contributed by atoms with Gasteiger partial charge in [0.25, 0.3) is 0 Å². The largest absolute Gasteiger partial charge is 0.493 e. The predicted octanol–water partition coefficient (Wildman–Crippen LogP) is 4.09. The molecule has 31 heavy (non-hydrogen) atoms. The van der Waals surface area contributed by atoms with Crippen molar-refractivity contribution in [2.24, 2.45) is 5.92 Å². The van der Waals surface area contributed by atoms with Crippen molar-refractivity contribution >= 4 is 23.0 Å². The Morgan fingerprint density at radius 2 is 1.71 bits per heavy atom. The van der Waals surface area contributed by atoms with Crippen LogP contribution in [0.3, 0.4) is 0 Å². The molecule has 0 saturated carbocycles. The minimum absolute atomic E-state index is 0.237. The Labute approximate surface area is 183 Å². The molecule has 0 N–H and O–H groups in total. The molecule has 0 amide bonds. The third-order valence-electron chi connectivity index (χ3n) is 5.60. The number of hydrogen-bond donors (Lipinski definition) is 0. The van der Waals surface area contributed by atoms with Crippen molar-refractivity contribution in [2.75, 3.05) is 39.8 Å². The predicted molar refractivity (Wildman–Crippen MR) is 121 cm³/mol. The lowest BCUT2D eigenvalue weighted by Gasteiger charge is -2.30. The molecule has 0 radical (unpaired) electrons. The lowest BCUT2D eigenvalue weighted by atomic mass is 9.73. The molecule has 2 aromatic carbocycles. The summed E-state index contributed by atoms with van der Waals surface area (Å²) >= 11 is 0. The highest BCUT2D eigenvalue weighted by molar-refractivity contribution is 6.10. The van der Waals surface area contributed by atoms with Gasteiger partial charge in [0.2, 0.25) is 0 Å². The quantitative estimate of drug-likeness (QED) is 0.494. The van der Waals surface area contributed by atoms with Gasteiger partial charge in [-0.2, -0.15) is 0 Å². The minimum Gasteiger partial charge on any atom is -0.493 e. The van der Waals surface area contributed by atoms with Crippen LogP contribution in [-0.2, 0) is 14.3 Å². The fourth-order valence-corrected chi connectivity index (χ4v) is 3.95. The molecule has 1 aliphatic rings. The summed E-state index contributed by atoms with van der Waals surface area (Å²) in [5.74, 6) is -0.667. The standard InChI is InChI=1S/C25H29NO5/c1-6-31-25(28)24-20(16-7-10-19(11-8-16)26(2)3)13-18(14-21(24)27)17-9-12-22(29-4)23(15-17)30-5/h7-12,14-15,20,24H,6,13H2,1-5H3. The number of esters is 1. The van der Waals surface area contributed by atoms with Crippen molar-refractivity contribution < 1.29 is 23.8 Å². The molecule has 0 spiro atoms. The van der Waals surface area contributed by atoms with Crippen LogP contribution in [0.1, 0.15) is 30.4 Å². The van der Waals surface area contributed by atoms with Gasteiger partial charge in [-0.05, 0) is 60.4 Å². The second-order valence-electron chi connectivity index (χ2n) is 7.67. The Bertz CT molecular complexity index is 978. The Kier molecular flexibility index (Phi) is 7.00. The first-order valence-electron chi connectivity index (χ1n) is 10.3. The molecule has 0 heterocycles. The molecule has 0 saturated heterocycles. The Morgan fingerprint density at radius 3 is 2.29 bits per heavy atom. The van der Waals surface area contributed by atoms with Crippen LogP contribution in [-0.4, -0.2) is 46.7 Å². The van der Waals surface area contributed by atoms with Crippen LogP contribution in [0.25, 0.3) is 5.57 Å². The van der Waals surface area contributed by atoms with E-state index < -0.39 is 11.9 Å². The van der Waals surface area contributed by atoms with Gasteiger partial charge in [-0.1, -0.05) is 18.2 Å². The monoisotopic (exact) mass is 423 g/mol. The third kappa shape index (κ3) is 4.74. The highest BCUT2D eigenvalue weighted by atomic mass is 16.5. The SMILES string of the molecule is CCOC(=O)C1C(=O)C=C(c2ccc(OC)c(OC)c2)CC1c1ccc(N(C)C)cc1. The summed E-state index contributed by atoms with van der Waals surface area (Å²) in [5, 5.41) is 0. The molecule has 3 rings (SSSR count). The minimum atomic E-state index is -0.853. The number of carbonyl (C=O) groups excluding carboxylic acids is 2. The van der Waals surface area contributed by atoms with E-state index in [-0.39, 0.29) is 18.3 Å². The van der Waals surface area contributed by atoms with E-state index >= 15 is 0 Å². The topological polar surface area (TPSA) is 65.1 Å². The maximum absolute atomic E-state index is 13.1. The second kappa shape index (κ2) is 9.69. The number of ketones is 1. The highest BCUT2D eigenvalue weighted by Gasteiger charge is 2.39. The highest BCUT2D eigenvalue weighted by Crippen LogP contribution is 2.42. The van der Waals surface area contributed by atoms with E-state index in [2.05, 4.69) is 0 Å². The van der Waals surface area contributed by atoms with Gasteiger partial charge in [0.1, 0.15) is 5.92 Å². The van der Waals surface area contributed by atoms with E-state index in [9.17, 15) is 9.59 Å². The molecule has 0 bridgehead atoms. The van der Waals surface area contributed by atoms with Gasteiger partial charge >= 0.3 is 5.97 Å². The van der Waals surface area contributed by atoms with Crippen LogP contribution in [0, 0.1) is 5.92 Å². The number of nitrogens with zero attached hydrogens (tertiary/aromatic N) is 1. The van der Waals surface area contributed by atoms with E-state index in [0.717, 1.165) is 22.4 Å². The average molecular weight is 424 g/mol. The molecular formula is C25H29NO5. The van der Waals surface area contributed by atoms with Gasteiger partial charge in [0, 0.05) is 25.7 Å². The van der Waals surface area contributed by atoms with Gasteiger partial charge in [-0.15, -0.1) is 0 Å². The number of anilines is 1. The maximum Gasteiger partial charge on any atom is 0.317 e. The van der Waals surface area contributed by atoms with E-state index in [4.69, 9.17) is 14.2 Å². The van der Waals surface area contributed by atoms with Crippen molar-refractivity contribution in [1.29, 1.82) is 0 Å². The number of rotatable bonds is 7. The van der Waals surface area contributed by atoms with Crippen LogP contribution in [0.5, 0.6) is 11.5 Å². The van der Waals surface area contributed by atoms with Crippen molar-refractivity contribution in [2.45, 2.75) is 19.3 Å². The molecule has 0 fully saturated rings. The average Bonchev–Trinajstić information content (AvgIpc) is 2.78. The summed E-state index contributed by atoms with van der Waals surface area (Å²) in [4.78, 5) is 27.8. The van der Waals surface area contributed by atoms with Crippen LogP contribution < -0.4 is 14.4 Å². The zero-order valence-electron chi connectivity index (χ0n) is 18.7. The lowest BCUT2D eigenvalue weighted by molar-refractivity contribution is -0.151. The maximum atomic E-state index is 13.1. The van der Waals surface area contributed by atoms with Crippen molar-refractivity contribution in [3.05, 3.63) is 59.7 Å². The van der Waals surface area contributed by atoms with E-state index in [1.54, 1.807) is 27.2 Å². The number of ether oxygens (including phenoxy) is 3. The first-order chi connectivity index (χ1) is 14.9. The van der Waals surface area contributed by atoms with Gasteiger partial charge < -0.3 is 19.1 Å². The summed E-state index contributed by atoms with van der Waals surface area (Å²) < 4.78 is 16.0. The lowest BCUT2D eigenvalue weighted by Crippen LogP contribution is -2.34. The van der Waals surface area contributed by atoms with E-state index in [1.165, 1.54) is 0 Å². The molecular weight excluding hydrogens is 394 g/mol. The number of allylic oxidation sites excluding steroid dienone is 2. The van der Waals surface area contributed by atoms with Crippen molar-refractivity contribution in [1.82, 2.24) is 0 Å². The zero-order chi connectivity index (χ0) is 22.5. The van der Waals surface area contributed by atoms with E-state index in [0.29, 0.717) is 17.9 Å². The number of hydrogen-bond acceptors (Lipinski definition) is 6. The Balaban J connectivity index is 2.02. The normalized spacial score (nSPS) is 18.2. The summed E-state index contributed by atoms with van der Waals surface area (Å²) in [5.41, 5.74) is 3.70. The molecule has 0 aromatic heterocycles. The Morgan fingerprint density at radius 1 is 1.03 bits per heavy atom. The first-order valence-corrected chi connectivity index (χ1v) is 10.3. The van der Waals surface area contributed by atoms with Gasteiger partial charge in [0.15, 0.2) is 17.3 Å². The second-order valence-corrected chi connectivity index (χ2v) is 7.67. The number of methoxy groups -OCH3 is 2. The van der Waals surface area contributed by atoms with Crippen molar-refractivity contribution in [3.8, 4) is 11.5 Å². The summed E-state index contributed by atoms with van der Waals surface area (Å²) in [6.07, 6.45) is 2.10. The fourth-order valence-electron chi connectivity index (χ4n) is 3.95. The molecule has 0 aliphatic heterocycles. The van der Waals surface area contributed by atoms with Gasteiger partial charge in [-0.25, -0.2) is 0 Å². The number of carbonyl (C=O) groups is 2. The molecule has 164 valence electrons. The fraction of sp³-hybridized carbons (Fsp3) is 0.360. The van der Waals surface area contributed by atoms with Crippen LogP contribution in [0.2, 0.25) is 0 Å². The molecule has 2 atom stereocenters. The third-order valence-corrected chi connectivity index (χ3v) is 5.60. The first kappa shape index (κ1) is 22.4. The van der Waals surface area contributed by atoms with Crippen LogP contribution >= 0.6 is 0 Å².